The first kappa shape index (κ1) is 27.6. The van der Waals surface area contributed by atoms with E-state index in [2.05, 4.69) is 26.1 Å². The SMILES string of the molecule is COc1ccc(Cl)cc1N(CC(=O)N[C@H](C)c1ccc(C(C)(C)C)cc1)S(=O)(=O)c1ccc(C)cc1. The van der Waals surface area contributed by atoms with Gasteiger partial charge >= 0.3 is 0 Å². The quantitative estimate of drug-likeness (QED) is 0.387. The van der Waals surface area contributed by atoms with Crippen molar-refractivity contribution in [2.24, 2.45) is 0 Å². The number of nitrogens with zero attached hydrogens (tertiary/aromatic N) is 1. The van der Waals surface area contributed by atoms with Crippen LogP contribution in [0.25, 0.3) is 0 Å². The van der Waals surface area contributed by atoms with E-state index in [1.54, 1.807) is 24.3 Å². The van der Waals surface area contributed by atoms with Gasteiger partial charge in [-0.1, -0.05) is 74.3 Å². The van der Waals surface area contributed by atoms with Crippen molar-refractivity contribution in [2.45, 2.75) is 51.0 Å². The van der Waals surface area contributed by atoms with Crippen LogP contribution in [0.1, 0.15) is 50.4 Å². The van der Waals surface area contributed by atoms with Crippen molar-refractivity contribution in [3.8, 4) is 5.75 Å². The van der Waals surface area contributed by atoms with Crippen LogP contribution in [0.2, 0.25) is 5.02 Å². The van der Waals surface area contributed by atoms with Gasteiger partial charge in [0, 0.05) is 5.02 Å². The van der Waals surface area contributed by atoms with Gasteiger partial charge in [-0.2, -0.15) is 0 Å². The Labute approximate surface area is 219 Å². The number of benzene rings is 3. The van der Waals surface area contributed by atoms with Crippen LogP contribution in [-0.4, -0.2) is 28.0 Å². The Kier molecular flexibility index (Phi) is 8.37. The van der Waals surface area contributed by atoms with Crippen LogP contribution >= 0.6 is 11.6 Å². The molecule has 0 saturated carbocycles. The lowest BCUT2D eigenvalue weighted by molar-refractivity contribution is -0.120. The predicted octanol–water partition coefficient (Wildman–Crippen LogP) is 6.03. The number of anilines is 1. The molecule has 0 radical (unpaired) electrons. The summed E-state index contributed by atoms with van der Waals surface area (Å²) in [6, 6.07) is 18.8. The number of halogens is 1. The fourth-order valence-electron chi connectivity index (χ4n) is 3.77. The van der Waals surface area contributed by atoms with E-state index in [0.717, 1.165) is 15.4 Å². The zero-order valence-electron chi connectivity index (χ0n) is 21.5. The van der Waals surface area contributed by atoms with E-state index >= 15 is 0 Å². The molecule has 0 spiro atoms. The number of hydrogen-bond donors (Lipinski definition) is 1. The molecule has 3 aromatic carbocycles. The predicted molar refractivity (Wildman–Crippen MR) is 145 cm³/mol. The lowest BCUT2D eigenvalue weighted by Crippen LogP contribution is -2.41. The summed E-state index contributed by atoms with van der Waals surface area (Å²) in [6.45, 7) is 9.71. The first-order chi connectivity index (χ1) is 16.8. The van der Waals surface area contributed by atoms with E-state index in [1.807, 2.05) is 38.1 Å². The van der Waals surface area contributed by atoms with Crippen LogP contribution in [0.15, 0.2) is 71.6 Å². The Bertz CT molecular complexity index is 1320. The van der Waals surface area contributed by atoms with E-state index in [-0.39, 0.29) is 27.8 Å². The van der Waals surface area contributed by atoms with Crippen molar-refractivity contribution in [1.82, 2.24) is 5.32 Å². The molecule has 3 aromatic rings. The Morgan fingerprint density at radius 1 is 1.03 bits per heavy atom. The topological polar surface area (TPSA) is 75.7 Å². The molecule has 0 fully saturated rings. The number of sulfonamides is 1. The Hall–Kier alpha value is -3.03. The summed E-state index contributed by atoms with van der Waals surface area (Å²) in [7, 11) is -2.67. The number of methoxy groups -OCH3 is 1. The monoisotopic (exact) mass is 528 g/mol. The molecule has 6 nitrogen and oxygen atoms in total. The summed E-state index contributed by atoms with van der Waals surface area (Å²) in [5.74, 6) is -0.172. The summed E-state index contributed by atoms with van der Waals surface area (Å²) in [5, 5.41) is 3.24. The number of ether oxygens (including phenoxy) is 1. The first-order valence-electron chi connectivity index (χ1n) is 11.7. The molecule has 0 aliphatic carbocycles. The molecule has 1 atom stereocenters. The zero-order valence-corrected chi connectivity index (χ0v) is 23.1. The fourth-order valence-corrected chi connectivity index (χ4v) is 5.36. The first-order valence-corrected chi connectivity index (χ1v) is 13.5. The highest BCUT2D eigenvalue weighted by atomic mass is 35.5. The normalized spacial score (nSPS) is 12.6. The second-order valence-corrected chi connectivity index (χ2v) is 12.1. The molecule has 3 rings (SSSR count). The zero-order chi connectivity index (χ0) is 26.7. The largest absolute Gasteiger partial charge is 0.495 e. The Morgan fingerprint density at radius 2 is 1.64 bits per heavy atom. The van der Waals surface area contributed by atoms with Gasteiger partial charge in [0.05, 0.1) is 23.7 Å². The number of aryl methyl sites for hydroxylation is 1. The molecule has 1 amide bonds. The molecule has 8 heteroatoms. The van der Waals surface area contributed by atoms with Gasteiger partial charge in [-0.05, 0) is 60.7 Å². The molecular weight excluding hydrogens is 496 g/mol. The van der Waals surface area contributed by atoms with Gasteiger partial charge < -0.3 is 10.1 Å². The minimum atomic E-state index is -4.10. The van der Waals surface area contributed by atoms with E-state index in [0.29, 0.717) is 5.02 Å². The van der Waals surface area contributed by atoms with Crippen LogP contribution < -0.4 is 14.4 Å². The molecule has 0 unspecified atom stereocenters. The van der Waals surface area contributed by atoms with Gasteiger partial charge in [0.1, 0.15) is 12.3 Å². The Balaban J connectivity index is 1.92. The number of nitrogens with one attached hydrogen (secondary N) is 1. The molecule has 1 N–H and O–H groups in total. The number of carbonyl (C=O) groups excluding carboxylic acids is 1. The summed E-state index contributed by atoms with van der Waals surface area (Å²) in [4.78, 5) is 13.2. The number of carbonyl (C=O) groups is 1. The number of amides is 1. The third kappa shape index (κ3) is 6.39. The van der Waals surface area contributed by atoms with Gasteiger partial charge in [-0.15, -0.1) is 0 Å². The summed E-state index contributed by atoms with van der Waals surface area (Å²) in [6.07, 6.45) is 0. The second-order valence-electron chi connectivity index (χ2n) is 9.80. The highest BCUT2D eigenvalue weighted by Gasteiger charge is 2.30. The molecule has 0 aromatic heterocycles. The molecule has 192 valence electrons. The average Bonchev–Trinajstić information content (AvgIpc) is 2.82. The lowest BCUT2D eigenvalue weighted by Gasteiger charge is -2.27. The molecule has 0 heterocycles. The van der Waals surface area contributed by atoms with E-state index in [9.17, 15) is 13.2 Å². The van der Waals surface area contributed by atoms with Crippen LogP contribution in [0.3, 0.4) is 0 Å². The van der Waals surface area contributed by atoms with Crippen molar-refractivity contribution < 1.29 is 17.9 Å². The summed E-state index contributed by atoms with van der Waals surface area (Å²) in [5.41, 5.74) is 3.23. The highest BCUT2D eigenvalue weighted by Crippen LogP contribution is 2.35. The van der Waals surface area contributed by atoms with Crippen LogP contribution in [-0.2, 0) is 20.2 Å². The second kappa shape index (κ2) is 10.9. The van der Waals surface area contributed by atoms with E-state index in [1.165, 1.54) is 30.9 Å². The molecule has 0 aliphatic rings. The van der Waals surface area contributed by atoms with Crippen LogP contribution in [0.4, 0.5) is 5.69 Å². The minimum Gasteiger partial charge on any atom is -0.495 e. The maximum Gasteiger partial charge on any atom is 0.264 e. The number of hydrogen-bond acceptors (Lipinski definition) is 4. The minimum absolute atomic E-state index is 0.0197. The van der Waals surface area contributed by atoms with Gasteiger partial charge in [-0.25, -0.2) is 8.42 Å². The smallest absolute Gasteiger partial charge is 0.264 e. The maximum absolute atomic E-state index is 13.7. The lowest BCUT2D eigenvalue weighted by atomic mass is 9.86. The maximum atomic E-state index is 13.7. The average molecular weight is 529 g/mol. The molecule has 36 heavy (non-hydrogen) atoms. The third-order valence-electron chi connectivity index (χ3n) is 5.96. The van der Waals surface area contributed by atoms with Crippen LogP contribution in [0.5, 0.6) is 5.75 Å². The van der Waals surface area contributed by atoms with E-state index < -0.39 is 22.5 Å². The van der Waals surface area contributed by atoms with Gasteiger partial charge in [0.15, 0.2) is 0 Å². The van der Waals surface area contributed by atoms with Gasteiger partial charge in [0.25, 0.3) is 10.0 Å². The molecule has 0 aliphatic heterocycles. The molecule has 0 bridgehead atoms. The van der Waals surface area contributed by atoms with Crippen molar-refractivity contribution in [3.63, 3.8) is 0 Å². The van der Waals surface area contributed by atoms with Gasteiger partial charge in [0.2, 0.25) is 5.91 Å². The van der Waals surface area contributed by atoms with Crippen molar-refractivity contribution >= 4 is 33.2 Å². The Morgan fingerprint density at radius 3 is 2.19 bits per heavy atom. The van der Waals surface area contributed by atoms with Crippen molar-refractivity contribution in [1.29, 1.82) is 0 Å². The summed E-state index contributed by atoms with van der Waals surface area (Å²) < 4.78 is 33.8. The molecular formula is C28H33ClN2O4S. The van der Waals surface area contributed by atoms with Crippen molar-refractivity contribution in [3.05, 3.63) is 88.4 Å². The molecule has 0 saturated heterocycles. The van der Waals surface area contributed by atoms with E-state index in [4.69, 9.17) is 16.3 Å². The fraction of sp³-hybridized carbons (Fsp3) is 0.321. The highest BCUT2D eigenvalue weighted by molar-refractivity contribution is 7.92. The van der Waals surface area contributed by atoms with Crippen molar-refractivity contribution in [2.75, 3.05) is 18.0 Å². The van der Waals surface area contributed by atoms with Crippen LogP contribution in [0, 0.1) is 6.92 Å². The third-order valence-corrected chi connectivity index (χ3v) is 7.97. The van der Waals surface area contributed by atoms with Gasteiger partial charge in [-0.3, -0.25) is 9.10 Å². The standard InChI is InChI=1S/C28H33ClN2O4S/c1-19-7-14-24(15-8-19)36(33,34)31(25-17-23(29)13-16-26(25)35-6)18-27(32)30-20(2)21-9-11-22(12-10-21)28(3,4)5/h7-17,20H,18H2,1-6H3,(H,30,32)/t20-/m1/s1. The summed E-state index contributed by atoms with van der Waals surface area (Å²) >= 11 is 6.20. The number of rotatable bonds is 8.